The lowest BCUT2D eigenvalue weighted by molar-refractivity contribution is -0.119. The van der Waals surface area contributed by atoms with Crippen molar-refractivity contribution in [3.63, 3.8) is 0 Å². The number of nitrogens with one attached hydrogen (secondary N) is 3. The van der Waals surface area contributed by atoms with Crippen LogP contribution in [0.15, 0.2) is 0 Å². The molecule has 1 unspecified atom stereocenters. The number of hydrogen-bond donors (Lipinski definition) is 5. The van der Waals surface area contributed by atoms with Gasteiger partial charge in [-0.3, -0.25) is 4.79 Å². The van der Waals surface area contributed by atoms with Crippen molar-refractivity contribution >= 4 is 18.1 Å². The van der Waals surface area contributed by atoms with Gasteiger partial charge >= 0.3 is 12.2 Å². The summed E-state index contributed by atoms with van der Waals surface area (Å²) in [7, 11) is 0. The molecule has 0 heterocycles. The van der Waals surface area contributed by atoms with Crippen molar-refractivity contribution in [2.24, 2.45) is 0 Å². The van der Waals surface area contributed by atoms with Gasteiger partial charge in [-0.2, -0.15) is 0 Å². The second-order valence-electron chi connectivity index (χ2n) is 2.77. The van der Waals surface area contributed by atoms with Gasteiger partial charge in [0.25, 0.3) is 0 Å². The van der Waals surface area contributed by atoms with Gasteiger partial charge < -0.3 is 26.2 Å². The molecule has 5 N–H and O–H groups in total. The van der Waals surface area contributed by atoms with Gasteiger partial charge in [0, 0.05) is 20.0 Å². The molecular formula is C7H13N3O5. The molecular weight excluding hydrogens is 206 g/mol. The van der Waals surface area contributed by atoms with Gasteiger partial charge in [-0.05, 0) is 0 Å². The Kier molecular flexibility index (Phi) is 5.60. The van der Waals surface area contributed by atoms with Gasteiger partial charge in [-0.25, -0.2) is 9.59 Å². The lowest BCUT2D eigenvalue weighted by atomic mass is 10.3. The molecule has 8 heteroatoms. The summed E-state index contributed by atoms with van der Waals surface area (Å²) in [5.41, 5.74) is 0. The molecule has 3 amide bonds. The van der Waals surface area contributed by atoms with E-state index in [-0.39, 0.29) is 19.0 Å². The van der Waals surface area contributed by atoms with Gasteiger partial charge in [0.05, 0.1) is 6.04 Å². The zero-order valence-corrected chi connectivity index (χ0v) is 8.11. The highest BCUT2D eigenvalue weighted by molar-refractivity contribution is 5.73. The fourth-order valence-electron chi connectivity index (χ4n) is 0.826. The normalized spacial score (nSPS) is 11.3. The maximum Gasteiger partial charge on any atom is 0.405 e. The fourth-order valence-corrected chi connectivity index (χ4v) is 0.826. The van der Waals surface area contributed by atoms with Crippen molar-refractivity contribution in [3.05, 3.63) is 0 Å². The van der Waals surface area contributed by atoms with Gasteiger partial charge in [-0.15, -0.1) is 0 Å². The maximum absolute atomic E-state index is 10.5. The summed E-state index contributed by atoms with van der Waals surface area (Å²) < 4.78 is 0. The Bertz CT molecular complexity index is 237. The van der Waals surface area contributed by atoms with E-state index in [0.717, 1.165) is 0 Å². The molecule has 0 aromatic carbocycles. The molecule has 1 atom stereocenters. The Morgan fingerprint density at radius 1 is 1.07 bits per heavy atom. The smallest absolute Gasteiger partial charge is 0.405 e. The molecule has 0 rings (SSSR count). The zero-order chi connectivity index (χ0) is 11.8. The molecule has 0 aromatic heterocycles. The minimum atomic E-state index is -1.28. The highest BCUT2D eigenvalue weighted by Gasteiger charge is 2.12. The van der Waals surface area contributed by atoms with E-state index in [0.29, 0.717) is 0 Å². The maximum atomic E-state index is 10.5. The second kappa shape index (κ2) is 6.46. The molecule has 0 aliphatic carbocycles. The van der Waals surface area contributed by atoms with Crippen LogP contribution in [0, 0.1) is 0 Å². The highest BCUT2D eigenvalue weighted by Crippen LogP contribution is 1.81. The minimum absolute atomic E-state index is 0.0297. The van der Waals surface area contributed by atoms with Crippen LogP contribution < -0.4 is 16.0 Å². The highest BCUT2D eigenvalue weighted by atomic mass is 16.4. The topological polar surface area (TPSA) is 128 Å². The van der Waals surface area contributed by atoms with E-state index in [9.17, 15) is 14.4 Å². The number of carbonyl (C=O) groups excluding carboxylic acids is 1. The first kappa shape index (κ1) is 13.0. The van der Waals surface area contributed by atoms with Crippen molar-refractivity contribution in [3.8, 4) is 0 Å². The Hall–Kier alpha value is -1.99. The van der Waals surface area contributed by atoms with Gasteiger partial charge in [0.2, 0.25) is 5.91 Å². The third-order valence-corrected chi connectivity index (χ3v) is 1.42. The van der Waals surface area contributed by atoms with Gasteiger partial charge in [0.15, 0.2) is 0 Å². The van der Waals surface area contributed by atoms with E-state index in [1.54, 1.807) is 0 Å². The molecule has 0 saturated carbocycles. The molecule has 86 valence electrons. The van der Waals surface area contributed by atoms with Gasteiger partial charge in [0.1, 0.15) is 0 Å². The molecule has 0 aliphatic rings. The van der Waals surface area contributed by atoms with Crippen molar-refractivity contribution in [2.45, 2.75) is 13.0 Å². The van der Waals surface area contributed by atoms with Crippen LogP contribution in [-0.4, -0.2) is 47.4 Å². The molecule has 0 aromatic rings. The molecule has 0 bridgehead atoms. The van der Waals surface area contributed by atoms with Crippen LogP contribution >= 0.6 is 0 Å². The Balaban J connectivity index is 3.99. The standard InChI is InChI=1S/C7H13N3O5/c1-4(11)8-2-5(10-7(14)15)3-9-6(12)13/h5,9-10H,2-3H2,1H3,(H,8,11)(H,12,13)(H,14,15). The van der Waals surface area contributed by atoms with Crippen LogP contribution in [0.4, 0.5) is 9.59 Å². The van der Waals surface area contributed by atoms with E-state index in [2.05, 4.69) is 10.6 Å². The fraction of sp³-hybridized carbons (Fsp3) is 0.571. The summed E-state index contributed by atoms with van der Waals surface area (Å²) in [6.45, 7) is 1.20. The average molecular weight is 219 g/mol. The zero-order valence-electron chi connectivity index (χ0n) is 8.11. The number of hydrogen-bond acceptors (Lipinski definition) is 3. The molecule has 0 spiro atoms. The third kappa shape index (κ3) is 8.34. The first-order valence-corrected chi connectivity index (χ1v) is 4.12. The SMILES string of the molecule is CC(=O)NCC(CNC(=O)O)NC(=O)O. The van der Waals surface area contributed by atoms with Crippen molar-refractivity contribution in [1.82, 2.24) is 16.0 Å². The lowest BCUT2D eigenvalue weighted by Crippen LogP contribution is -2.49. The second-order valence-corrected chi connectivity index (χ2v) is 2.77. The predicted octanol–water partition coefficient (Wildman–Crippen LogP) is -0.974. The summed E-state index contributed by atoms with van der Waals surface area (Å²) in [4.78, 5) is 31.0. The van der Waals surface area contributed by atoms with Crippen LogP contribution in [0.3, 0.4) is 0 Å². The van der Waals surface area contributed by atoms with E-state index in [1.807, 2.05) is 5.32 Å². The summed E-state index contributed by atoms with van der Waals surface area (Å²) in [5.74, 6) is -0.317. The van der Waals surface area contributed by atoms with Crippen LogP contribution in [0.2, 0.25) is 0 Å². The molecule has 0 fully saturated rings. The summed E-state index contributed by atoms with van der Waals surface area (Å²) in [6, 6.07) is -0.692. The summed E-state index contributed by atoms with van der Waals surface area (Å²) >= 11 is 0. The first-order chi connectivity index (χ1) is 6.91. The first-order valence-electron chi connectivity index (χ1n) is 4.12. The average Bonchev–Trinajstić information content (AvgIpc) is 2.08. The minimum Gasteiger partial charge on any atom is -0.465 e. The Morgan fingerprint density at radius 2 is 1.60 bits per heavy atom. The molecule has 0 radical (unpaired) electrons. The number of amides is 3. The molecule has 0 aliphatic heterocycles. The van der Waals surface area contributed by atoms with Crippen LogP contribution in [0.1, 0.15) is 6.92 Å². The third-order valence-electron chi connectivity index (χ3n) is 1.42. The molecule has 0 saturated heterocycles. The van der Waals surface area contributed by atoms with Gasteiger partial charge in [-0.1, -0.05) is 0 Å². The van der Waals surface area contributed by atoms with Crippen molar-refractivity contribution in [2.75, 3.05) is 13.1 Å². The Labute approximate surface area is 85.7 Å². The molecule has 15 heavy (non-hydrogen) atoms. The largest absolute Gasteiger partial charge is 0.465 e. The van der Waals surface area contributed by atoms with Crippen LogP contribution in [-0.2, 0) is 4.79 Å². The molecule has 8 nitrogen and oxygen atoms in total. The van der Waals surface area contributed by atoms with E-state index in [1.165, 1.54) is 6.92 Å². The van der Waals surface area contributed by atoms with Crippen LogP contribution in [0.5, 0.6) is 0 Å². The summed E-state index contributed by atoms with van der Waals surface area (Å²) in [6.07, 6.45) is -2.53. The van der Waals surface area contributed by atoms with Crippen molar-refractivity contribution in [1.29, 1.82) is 0 Å². The number of carboxylic acid groups (broad SMARTS) is 2. The predicted molar refractivity (Wildman–Crippen MR) is 49.7 cm³/mol. The van der Waals surface area contributed by atoms with E-state index >= 15 is 0 Å². The van der Waals surface area contributed by atoms with Crippen molar-refractivity contribution < 1.29 is 24.6 Å². The van der Waals surface area contributed by atoms with E-state index < -0.39 is 18.2 Å². The summed E-state index contributed by atoms with van der Waals surface area (Å²) in [5, 5.41) is 23.2. The lowest BCUT2D eigenvalue weighted by Gasteiger charge is -2.16. The number of rotatable bonds is 5. The monoisotopic (exact) mass is 219 g/mol. The van der Waals surface area contributed by atoms with E-state index in [4.69, 9.17) is 10.2 Å². The van der Waals surface area contributed by atoms with Crippen LogP contribution in [0.25, 0.3) is 0 Å². The quantitative estimate of drug-likeness (QED) is 0.406. The number of carbonyl (C=O) groups is 3. The Morgan fingerprint density at radius 3 is 2.00 bits per heavy atom.